The summed E-state index contributed by atoms with van der Waals surface area (Å²) < 4.78 is 31.3. The van der Waals surface area contributed by atoms with Crippen LogP contribution in [0.4, 0.5) is 14.4 Å². The fraction of sp³-hybridized carbons (Fsp3) is 0.629. The fourth-order valence-electron chi connectivity index (χ4n) is 6.00. The van der Waals surface area contributed by atoms with Crippen molar-refractivity contribution in [2.75, 3.05) is 20.1 Å². The number of fused-ring (bicyclic) bond motifs is 1. The highest BCUT2D eigenvalue weighted by molar-refractivity contribution is 7.91. The number of unbranched alkanes of at least 4 members (excludes halogenated alkanes) is 3. The second-order valence-electron chi connectivity index (χ2n) is 15.0. The number of hydrogen-bond donors (Lipinski definition) is 4. The van der Waals surface area contributed by atoms with Gasteiger partial charge in [-0.05, 0) is 77.0 Å². The molecule has 0 bridgehead atoms. The summed E-state index contributed by atoms with van der Waals surface area (Å²) in [5.74, 6) is -1.22. The molecule has 3 aliphatic rings. The molecular weight excluding hydrogens is 714 g/mol. The average molecular weight is 766 g/mol. The molecule has 0 radical (unpaired) electrons. The predicted molar refractivity (Wildman–Crippen MR) is 195 cm³/mol. The Bertz CT molecular complexity index is 1660. The Morgan fingerprint density at radius 2 is 1.83 bits per heavy atom. The Kier molecular flexibility index (Phi) is 13.1. The van der Waals surface area contributed by atoms with Crippen LogP contribution in [0, 0.1) is 0 Å². The number of sulfonamides is 1. The molecule has 3 atom stereocenters. The van der Waals surface area contributed by atoms with E-state index in [0.29, 0.717) is 50.1 Å². The highest BCUT2D eigenvalue weighted by atomic mass is 35.5. The van der Waals surface area contributed by atoms with E-state index in [4.69, 9.17) is 22.1 Å². The maximum atomic E-state index is 14.0. The first-order valence-corrected chi connectivity index (χ1v) is 19.5. The SMILES string of the molecule is CN(C(=O)N[C@@H](CCCCC/C=C\CNC(=O)NS(=O)(=O)C1(C)CC1)C(=O)N1C[C@H](OC(=O)N2Cc3cccc(Cl)c3C2)C[C@H]1C(N)=O)C(C)(C)C. The third-order valence-electron chi connectivity index (χ3n) is 9.97. The minimum Gasteiger partial charge on any atom is -0.444 e. The van der Waals surface area contributed by atoms with Gasteiger partial charge in [0.15, 0.2) is 0 Å². The van der Waals surface area contributed by atoms with Gasteiger partial charge in [0.05, 0.1) is 17.8 Å². The molecular formula is C35H52ClN7O8S. The monoisotopic (exact) mass is 765 g/mol. The number of carbonyl (C=O) groups excluding carboxylic acids is 5. The van der Waals surface area contributed by atoms with E-state index in [1.807, 2.05) is 39.0 Å². The van der Waals surface area contributed by atoms with Crippen molar-refractivity contribution in [2.24, 2.45) is 5.73 Å². The van der Waals surface area contributed by atoms with Crippen LogP contribution >= 0.6 is 11.6 Å². The number of ether oxygens (including phenoxy) is 1. The van der Waals surface area contributed by atoms with Crippen molar-refractivity contribution in [1.29, 1.82) is 0 Å². The molecule has 0 unspecified atom stereocenters. The molecule has 0 spiro atoms. The van der Waals surface area contributed by atoms with Gasteiger partial charge in [-0.25, -0.2) is 27.5 Å². The zero-order valence-corrected chi connectivity index (χ0v) is 32.1. The minimum absolute atomic E-state index is 0.0367. The second kappa shape index (κ2) is 16.7. The number of urea groups is 2. The van der Waals surface area contributed by atoms with E-state index < -0.39 is 68.5 Å². The molecule has 52 heavy (non-hydrogen) atoms. The summed E-state index contributed by atoms with van der Waals surface area (Å²) in [6.07, 6.45) is 6.35. The van der Waals surface area contributed by atoms with Gasteiger partial charge in [-0.1, -0.05) is 48.7 Å². The lowest BCUT2D eigenvalue weighted by Gasteiger charge is -2.34. The van der Waals surface area contributed by atoms with E-state index in [1.165, 1.54) is 14.7 Å². The molecule has 17 heteroatoms. The normalized spacial score (nSPS) is 19.9. The van der Waals surface area contributed by atoms with Crippen LogP contribution in [0.1, 0.15) is 90.2 Å². The summed E-state index contributed by atoms with van der Waals surface area (Å²) in [5.41, 5.74) is 6.97. The second-order valence-corrected chi connectivity index (χ2v) is 17.6. The number of allylic oxidation sites excluding steroid dienone is 1. The van der Waals surface area contributed by atoms with Crippen molar-refractivity contribution in [2.45, 2.75) is 121 Å². The van der Waals surface area contributed by atoms with E-state index in [9.17, 15) is 32.4 Å². The molecule has 1 aromatic rings. The number of nitrogens with two attached hydrogens (primary N) is 1. The summed E-state index contributed by atoms with van der Waals surface area (Å²) in [6, 6.07) is 2.27. The quantitative estimate of drug-likeness (QED) is 0.162. The minimum atomic E-state index is -3.70. The number of rotatable bonds is 14. The molecule has 15 nitrogen and oxygen atoms in total. The number of amides is 7. The Morgan fingerprint density at radius 3 is 2.46 bits per heavy atom. The van der Waals surface area contributed by atoms with Crippen LogP contribution < -0.4 is 21.1 Å². The molecule has 1 aromatic carbocycles. The van der Waals surface area contributed by atoms with Crippen molar-refractivity contribution >= 4 is 51.6 Å². The van der Waals surface area contributed by atoms with Crippen molar-refractivity contribution in [3.8, 4) is 0 Å². The predicted octanol–water partition coefficient (Wildman–Crippen LogP) is 3.74. The zero-order chi connectivity index (χ0) is 38.4. The van der Waals surface area contributed by atoms with Gasteiger partial charge >= 0.3 is 18.2 Å². The standard InChI is InChI=1S/C35H52ClN7O8S/c1-34(2,3)41(5)32(47)39-27(15-10-8-6-7-9-11-18-38-31(46)40-52(49,50)35(4)16-17-35)30(45)43-21-24(19-28(43)29(37)44)51-33(48)42-20-23-13-12-14-26(36)25(23)22-42/h9,11-14,24,27-28H,6-8,10,15-22H2,1-5H3,(H2,37,44)(H,39,47)(H2,38,40,46)/b11-9-/t24-,27+,28+/m1/s1. The van der Waals surface area contributed by atoms with Crippen LogP contribution in [-0.2, 0) is 37.4 Å². The van der Waals surface area contributed by atoms with Gasteiger partial charge in [0, 0.05) is 37.1 Å². The first-order valence-electron chi connectivity index (χ1n) is 17.6. The van der Waals surface area contributed by atoms with Crippen molar-refractivity contribution in [3.63, 3.8) is 0 Å². The highest BCUT2D eigenvalue weighted by Crippen LogP contribution is 2.42. The summed E-state index contributed by atoms with van der Waals surface area (Å²) in [7, 11) is -2.07. The summed E-state index contributed by atoms with van der Waals surface area (Å²) in [5, 5.41) is 5.92. The molecule has 1 aliphatic carbocycles. The van der Waals surface area contributed by atoms with Gasteiger partial charge in [0.2, 0.25) is 21.8 Å². The molecule has 0 aromatic heterocycles. The number of primary amides is 1. The number of carbonyl (C=O) groups is 5. The van der Waals surface area contributed by atoms with Crippen LogP contribution in [0.15, 0.2) is 30.4 Å². The van der Waals surface area contributed by atoms with Crippen LogP contribution in [0.3, 0.4) is 0 Å². The fourth-order valence-corrected chi connectivity index (χ4v) is 7.45. The molecule has 288 valence electrons. The zero-order valence-electron chi connectivity index (χ0n) is 30.6. The number of benzene rings is 1. The summed E-state index contributed by atoms with van der Waals surface area (Å²) in [6.45, 7) is 7.92. The third-order valence-corrected chi connectivity index (χ3v) is 12.5. The highest BCUT2D eigenvalue weighted by Gasteiger charge is 2.51. The van der Waals surface area contributed by atoms with Gasteiger partial charge in [-0.15, -0.1) is 0 Å². The third kappa shape index (κ3) is 10.3. The molecule has 1 saturated heterocycles. The molecule has 2 aliphatic heterocycles. The maximum Gasteiger partial charge on any atom is 0.410 e. The van der Waals surface area contributed by atoms with E-state index >= 15 is 0 Å². The number of halogens is 1. The Balaban J connectivity index is 1.29. The van der Waals surface area contributed by atoms with Gasteiger partial charge in [-0.3, -0.25) is 14.5 Å². The smallest absolute Gasteiger partial charge is 0.410 e. The van der Waals surface area contributed by atoms with E-state index in [1.54, 1.807) is 26.1 Å². The molecule has 2 heterocycles. The lowest BCUT2D eigenvalue weighted by molar-refractivity contribution is -0.139. The molecule has 2 fully saturated rings. The van der Waals surface area contributed by atoms with Crippen molar-refractivity contribution in [3.05, 3.63) is 46.5 Å². The Hall–Kier alpha value is -4.05. The van der Waals surface area contributed by atoms with Gasteiger partial charge in [0.1, 0.15) is 18.2 Å². The van der Waals surface area contributed by atoms with Crippen molar-refractivity contribution < 1.29 is 37.1 Å². The van der Waals surface area contributed by atoms with E-state index in [2.05, 4.69) is 15.4 Å². The number of nitrogens with one attached hydrogen (secondary N) is 3. The maximum absolute atomic E-state index is 14.0. The first-order chi connectivity index (χ1) is 24.3. The van der Waals surface area contributed by atoms with Gasteiger partial charge in [0.25, 0.3) is 0 Å². The molecule has 5 N–H and O–H groups in total. The topological polar surface area (TPSA) is 201 Å². The van der Waals surface area contributed by atoms with Crippen molar-refractivity contribution in [1.82, 2.24) is 30.1 Å². The lowest BCUT2D eigenvalue weighted by atomic mass is 10.0. The van der Waals surface area contributed by atoms with Crippen LogP contribution in [0.2, 0.25) is 5.02 Å². The average Bonchev–Trinajstić information content (AvgIpc) is 3.47. The largest absolute Gasteiger partial charge is 0.444 e. The van der Waals surface area contributed by atoms with E-state index in [-0.39, 0.29) is 26.1 Å². The first kappa shape index (κ1) is 40.7. The molecule has 7 amide bonds. The van der Waals surface area contributed by atoms with E-state index in [0.717, 1.165) is 17.5 Å². The van der Waals surface area contributed by atoms with Gasteiger partial charge < -0.3 is 30.9 Å². The van der Waals surface area contributed by atoms with Crippen LogP contribution in [0.5, 0.6) is 0 Å². The molecule has 1 saturated carbocycles. The summed E-state index contributed by atoms with van der Waals surface area (Å²) >= 11 is 6.30. The lowest BCUT2D eigenvalue weighted by Crippen LogP contribution is -2.56. The van der Waals surface area contributed by atoms with Crippen LogP contribution in [-0.4, -0.2) is 102 Å². The van der Waals surface area contributed by atoms with Gasteiger partial charge in [-0.2, -0.15) is 0 Å². The Morgan fingerprint density at radius 1 is 1.12 bits per heavy atom. The number of likely N-dealkylation sites (tertiary alicyclic amines) is 1. The Labute approximate surface area is 311 Å². The number of hydrogen-bond acceptors (Lipinski definition) is 8. The summed E-state index contributed by atoms with van der Waals surface area (Å²) in [4.78, 5) is 69.1. The van der Waals surface area contributed by atoms with Crippen LogP contribution in [0.25, 0.3) is 0 Å². The molecule has 4 rings (SSSR count). The number of nitrogens with zero attached hydrogens (tertiary/aromatic N) is 3.